The minimum Gasteiger partial charge on any atom is -0.508 e. The van der Waals surface area contributed by atoms with E-state index in [1.165, 1.54) is 11.3 Å². The van der Waals surface area contributed by atoms with Gasteiger partial charge in [0.15, 0.2) is 0 Å². The minimum absolute atomic E-state index is 0. The summed E-state index contributed by atoms with van der Waals surface area (Å²) in [5.41, 5.74) is 2.59. The number of likely N-dealkylation sites (N-methyl/N-ethyl adjacent to an activating group) is 1. The van der Waals surface area contributed by atoms with E-state index in [2.05, 4.69) is 32.7 Å². The van der Waals surface area contributed by atoms with Crippen molar-refractivity contribution in [3.8, 4) is 5.75 Å². The first-order valence-corrected chi connectivity index (χ1v) is 5.01. The van der Waals surface area contributed by atoms with Crippen molar-refractivity contribution >= 4 is 29.7 Å². The number of benzene rings is 1. The van der Waals surface area contributed by atoms with Gasteiger partial charge in [0.05, 0.1) is 0 Å². The third-order valence-corrected chi connectivity index (χ3v) is 3.68. The van der Waals surface area contributed by atoms with Crippen molar-refractivity contribution in [2.75, 3.05) is 11.9 Å². The first-order chi connectivity index (χ1) is 6.44. The maximum atomic E-state index is 9.48. The van der Waals surface area contributed by atoms with Crippen LogP contribution in [0, 0.1) is 0 Å². The normalized spacial score (nSPS) is 22.1. The van der Waals surface area contributed by atoms with Crippen LogP contribution in [0.4, 0.5) is 5.69 Å². The SMILES string of the molecule is CC1N(C)c2ccc(O)cc2C1(C)C.I. The van der Waals surface area contributed by atoms with Crippen LogP contribution in [0.15, 0.2) is 18.2 Å². The van der Waals surface area contributed by atoms with Gasteiger partial charge in [0.2, 0.25) is 0 Å². The molecule has 0 amide bonds. The Labute approximate surface area is 108 Å². The molecule has 2 rings (SSSR count). The second-order valence-corrected chi connectivity index (χ2v) is 4.71. The maximum Gasteiger partial charge on any atom is 0.116 e. The molecule has 0 saturated carbocycles. The van der Waals surface area contributed by atoms with Crippen LogP contribution in [-0.4, -0.2) is 18.2 Å². The lowest BCUT2D eigenvalue weighted by Crippen LogP contribution is -2.36. The largest absolute Gasteiger partial charge is 0.508 e. The molecule has 1 N–H and O–H groups in total. The van der Waals surface area contributed by atoms with E-state index in [0.717, 1.165) is 0 Å². The van der Waals surface area contributed by atoms with Crippen molar-refractivity contribution < 1.29 is 5.11 Å². The molecule has 0 bridgehead atoms. The van der Waals surface area contributed by atoms with E-state index in [9.17, 15) is 5.11 Å². The lowest BCUT2D eigenvalue weighted by atomic mass is 9.81. The van der Waals surface area contributed by atoms with Gasteiger partial charge in [-0.2, -0.15) is 0 Å². The highest BCUT2D eigenvalue weighted by molar-refractivity contribution is 14.0. The average Bonchev–Trinajstić information content (AvgIpc) is 2.29. The van der Waals surface area contributed by atoms with Crippen molar-refractivity contribution in [1.29, 1.82) is 0 Å². The smallest absolute Gasteiger partial charge is 0.116 e. The number of hydrogen-bond acceptors (Lipinski definition) is 2. The highest BCUT2D eigenvalue weighted by Crippen LogP contribution is 2.45. The van der Waals surface area contributed by atoms with E-state index in [1.807, 2.05) is 12.1 Å². The number of halogens is 1. The van der Waals surface area contributed by atoms with Crippen molar-refractivity contribution in [3.63, 3.8) is 0 Å². The van der Waals surface area contributed by atoms with Crippen LogP contribution in [-0.2, 0) is 5.41 Å². The molecule has 0 spiro atoms. The monoisotopic (exact) mass is 319 g/mol. The van der Waals surface area contributed by atoms with Crippen LogP contribution >= 0.6 is 24.0 Å². The summed E-state index contributed by atoms with van der Waals surface area (Å²) in [6.07, 6.45) is 0. The average molecular weight is 319 g/mol. The first kappa shape index (κ1) is 12.6. The Morgan fingerprint density at radius 3 is 2.53 bits per heavy atom. The van der Waals surface area contributed by atoms with Crippen LogP contribution in [0.25, 0.3) is 0 Å². The number of aromatic hydroxyl groups is 1. The summed E-state index contributed by atoms with van der Waals surface area (Å²) in [5, 5.41) is 9.48. The fourth-order valence-electron chi connectivity index (χ4n) is 2.27. The molecule has 15 heavy (non-hydrogen) atoms. The molecule has 84 valence electrons. The summed E-state index contributed by atoms with van der Waals surface area (Å²) < 4.78 is 0. The Morgan fingerprint density at radius 1 is 1.33 bits per heavy atom. The van der Waals surface area contributed by atoms with Gasteiger partial charge in [-0.15, -0.1) is 24.0 Å². The van der Waals surface area contributed by atoms with E-state index in [1.54, 1.807) is 6.07 Å². The maximum absolute atomic E-state index is 9.48. The molecule has 3 heteroatoms. The van der Waals surface area contributed by atoms with Crippen LogP contribution in [0.1, 0.15) is 26.3 Å². The van der Waals surface area contributed by atoms with Crippen LogP contribution in [0.3, 0.4) is 0 Å². The zero-order valence-corrected chi connectivity index (χ0v) is 11.9. The number of phenols is 1. The van der Waals surface area contributed by atoms with Gasteiger partial charge in [0.25, 0.3) is 0 Å². The summed E-state index contributed by atoms with van der Waals surface area (Å²) >= 11 is 0. The van der Waals surface area contributed by atoms with Gasteiger partial charge in [-0.1, -0.05) is 13.8 Å². The summed E-state index contributed by atoms with van der Waals surface area (Å²) in [7, 11) is 2.11. The summed E-state index contributed by atoms with van der Waals surface area (Å²) in [6.45, 7) is 6.66. The second kappa shape index (κ2) is 3.85. The van der Waals surface area contributed by atoms with Crippen LogP contribution < -0.4 is 4.90 Å². The Bertz CT molecular complexity index is 376. The highest BCUT2D eigenvalue weighted by atomic mass is 127. The molecule has 0 radical (unpaired) electrons. The number of anilines is 1. The minimum atomic E-state index is 0. The van der Waals surface area contributed by atoms with Gasteiger partial charge >= 0.3 is 0 Å². The molecular formula is C12H18INO. The Hall–Kier alpha value is -0.450. The van der Waals surface area contributed by atoms with Gasteiger partial charge in [-0.25, -0.2) is 0 Å². The number of rotatable bonds is 0. The van der Waals surface area contributed by atoms with Crippen molar-refractivity contribution in [1.82, 2.24) is 0 Å². The Morgan fingerprint density at radius 2 is 1.93 bits per heavy atom. The third-order valence-electron chi connectivity index (χ3n) is 3.68. The molecule has 1 unspecified atom stereocenters. The van der Waals surface area contributed by atoms with Gasteiger partial charge < -0.3 is 10.0 Å². The Kier molecular flexibility index (Phi) is 3.24. The second-order valence-electron chi connectivity index (χ2n) is 4.71. The molecule has 1 heterocycles. The molecule has 1 atom stereocenters. The molecular weight excluding hydrogens is 301 g/mol. The molecule has 2 nitrogen and oxygen atoms in total. The highest BCUT2D eigenvalue weighted by Gasteiger charge is 2.40. The summed E-state index contributed by atoms with van der Waals surface area (Å²) in [6, 6.07) is 6.11. The lowest BCUT2D eigenvalue weighted by Gasteiger charge is -2.28. The van der Waals surface area contributed by atoms with E-state index in [4.69, 9.17) is 0 Å². The van der Waals surface area contributed by atoms with Gasteiger partial charge in [0, 0.05) is 24.2 Å². The number of fused-ring (bicyclic) bond motifs is 1. The Balaban J connectivity index is 0.00000112. The topological polar surface area (TPSA) is 23.5 Å². The molecule has 1 aliphatic heterocycles. The van der Waals surface area contributed by atoms with E-state index in [-0.39, 0.29) is 29.4 Å². The summed E-state index contributed by atoms with van der Waals surface area (Å²) in [5.74, 6) is 0.360. The lowest BCUT2D eigenvalue weighted by molar-refractivity contribution is 0.446. The molecule has 1 aromatic rings. The van der Waals surface area contributed by atoms with E-state index >= 15 is 0 Å². The predicted molar refractivity (Wildman–Crippen MR) is 74.4 cm³/mol. The zero-order chi connectivity index (χ0) is 10.5. The molecule has 0 fully saturated rings. The molecule has 0 aliphatic carbocycles. The van der Waals surface area contributed by atoms with Crippen molar-refractivity contribution in [3.05, 3.63) is 23.8 Å². The standard InChI is InChI=1S/C12H17NO.HI/c1-8-12(2,3)10-7-9(14)5-6-11(10)13(8)4;/h5-8,14H,1-4H3;1H. The number of phenolic OH excluding ortho intramolecular Hbond substituents is 1. The third kappa shape index (κ3) is 1.71. The summed E-state index contributed by atoms with van der Waals surface area (Å²) in [4.78, 5) is 2.27. The van der Waals surface area contributed by atoms with E-state index < -0.39 is 0 Å². The fraction of sp³-hybridized carbons (Fsp3) is 0.500. The first-order valence-electron chi connectivity index (χ1n) is 5.01. The van der Waals surface area contributed by atoms with E-state index in [0.29, 0.717) is 11.8 Å². The predicted octanol–water partition coefficient (Wildman–Crippen LogP) is 3.13. The van der Waals surface area contributed by atoms with Gasteiger partial charge in [-0.3, -0.25) is 0 Å². The quantitative estimate of drug-likeness (QED) is 0.743. The molecule has 1 aliphatic rings. The van der Waals surface area contributed by atoms with Crippen LogP contribution in [0.5, 0.6) is 5.75 Å². The van der Waals surface area contributed by atoms with Crippen molar-refractivity contribution in [2.24, 2.45) is 0 Å². The molecule has 0 aromatic heterocycles. The molecule has 1 aromatic carbocycles. The van der Waals surface area contributed by atoms with Gasteiger partial charge in [0.1, 0.15) is 5.75 Å². The van der Waals surface area contributed by atoms with Crippen LogP contribution in [0.2, 0.25) is 0 Å². The van der Waals surface area contributed by atoms with Crippen molar-refractivity contribution in [2.45, 2.75) is 32.2 Å². The molecule has 0 saturated heterocycles. The van der Waals surface area contributed by atoms with Gasteiger partial charge in [-0.05, 0) is 30.7 Å². The number of nitrogens with zero attached hydrogens (tertiary/aromatic N) is 1. The number of hydrogen-bond donors (Lipinski definition) is 1. The fourth-order valence-corrected chi connectivity index (χ4v) is 2.27. The zero-order valence-electron chi connectivity index (χ0n) is 9.61.